The van der Waals surface area contributed by atoms with Crippen LogP contribution in [0.4, 0.5) is 4.39 Å². The number of nitrogens with zero attached hydrogens (tertiary/aromatic N) is 5. The Labute approximate surface area is 200 Å². The number of hydrogen-bond donors (Lipinski definition) is 1. The number of allylic oxidation sites excluding steroid dienone is 1. The van der Waals surface area contributed by atoms with Gasteiger partial charge in [-0.25, -0.2) is 14.1 Å². The molecule has 2 fully saturated rings. The minimum absolute atomic E-state index is 0.181. The molecule has 3 aromatic rings. The summed E-state index contributed by atoms with van der Waals surface area (Å²) in [7, 11) is 0. The monoisotopic (exact) mass is 466 g/mol. The molecule has 1 aliphatic heterocycles. The van der Waals surface area contributed by atoms with E-state index < -0.39 is 0 Å². The Morgan fingerprint density at radius 3 is 2.59 bits per heavy atom. The lowest BCUT2D eigenvalue weighted by atomic mass is 9.85. The number of aromatic nitrogens is 5. The van der Waals surface area contributed by atoms with Crippen molar-refractivity contribution in [2.45, 2.75) is 71.3 Å². The normalized spacial score (nSPS) is 17.4. The van der Waals surface area contributed by atoms with Crippen LogP contribution in [0, 0.1) is 11.7 Å². The third kappa shape index (κ3) is 5.21. The molecule has 2 aliphatic rings. The van der Waals surface area contributed by atoms with Crippen LogP contribution in [0.25, 0.3) is 11.2 Å². The van der Waals surface area contributed by atoms with Crippen LogP contribution in [0.3, 0.4) is 0 Å². The predicted molar refractivity (Wildman–Crippen MR) is 132 cm³/mol. The first-order valence-electron chi connectivity index (χ1n) is 12.6. The Morgan fingerprint density at radius 1 is 1.15 bits per heavy atom. The molecule has 1 N–H and O–H groups in total. The van der Waals surface area contributed by atoms with Crippen molar-refractivity contribution in [1.29, 1.82) is 0 Å². The molecule has 0 bridgehead atoms. The summed E-state index contributed by atoms with van der Waals surface area (Å²) in [6, 6.07) is 6.33. The van der Waals surface area contributed by atoms with Crippen molar-refractivity contribution in [3.05, 3.63) is 64.1 Å². The molecule has 8 heteroatoms. The van der Waals surface area contributed by atoms with E-state index in [2.05, 4.69) is 26.8 Å². The summed E-state index contributed by atoms with van der Waals surface area (Å²) in [6.07, 6.45) is 8.32. The van der Waals surface area contributed by atoms with Gasteiger partial charge in [0.05, 0.1) is 6.54 Å². The molecule has 0 amide bonds. The second kappa shape index (κ2) is 10.9. The molecule has 3 heterocycles. The van der Waals surface area contributed by atoms with E-state index in [0.29, 0.717) is 23.9 Å². The molecule has 7 nitrogen and oxygen atoms in total. The number of halogens is 1. The standard InChI is InChI=1S/C24H29FN6O.C2H6/c1-16(18-7-3-2-4-8-18)30-12-10-19(11-13-30)22-26-23-21(24(32)27-22)28-29-31(23)15-17-6-5-9-20(25)14-17;1-2/h5-6,9,14,18-19H,1-4,7-8,10-13,15H2,(H,26,27,32);1-2H3. The van der Waals surface area contributed by atoms with E-state index in [1.165, 1.54) is 49.9 Å². The van der Waals surface area contributed by atoms with Gasteiger partial charge in [-0.2, -0.15) is 0 Å². The molecule has 182 valence electrons. The number of hydrogen-bond acceptors (Lipinski definition) is 5. The Hall–Kier alpha value is -3.03. The maximum Gasteiger partial charge on any atom is 0.281 e. The topological polar surface area (TPSA) is 79.7 Å². The molecule has 1 aromatic carbocycles. The first-order chi connectivity index (χ1) is 16.6. The molecule has 0 unspecified atom stereocenters. The summed E-state index contributed by atoms with van der Waals surface area (Å²) >= 11 is 0. The van der Waals surface area contributed by atoms with Crippen LogP contribution >= 0.6 is 0 Å². The van der Waals surface area contributed by atoms with E-state index in [1.54, 1.807) is 10.7 Å². The van der Waals surface area contributed by atoms with Crippen molar-refractivity contribution in [1.82, 2.24) is 29.9 Å². The smallest absolute Gasteiger partial charge is 0.281 e. The largest absolute Gasteiger partial charge is 0.375 e. The quantitative estimate of drug-likeness (QED) is 0.572. The summed E-state index contributed by atoms with van der Waals surface area (Å²) in [5, 5.41) is 8.10. The van der Waals surface area contributed by atoms with Gasteiger partial charge < -0.3 is 9.88 Å². The number of rotatable bonds is 5. The third-order valence-corrected chi connectivity index (χ3v) is 6.98. The Balaban J connectivity index is 0.00000133. The first kappa shape index (κ1) is 24.1. The van der Waals surface area contributed by atoms with Crippen LogP contribution in [0.15, 0.2) is 41.3 Å². The van der Waals surface area contributed by atoms with Crippen LogP contribution in [0.5, 0.6) is 0 Å². The van der Waals surface area contributed by atoms with Gasteiger partial charge in [0.25, 0.3) is 5.56 Å². The minimum atomic E-state index is -0.306. The summed E-state index contributed by atoms with van der Waals surface area (Å²) < 4.78 is 15.1. The highest BCUT2D eigenvalue weighted by molar-refractivity contribution is 5.68. The van der Waals surface area contributed by atoms with Gasteiger partial charge in [0.15, 0.2) is 11.2 Å². The van der Waals surface area contributed by atoms with Gasteiger partial charge in [0, 0.05) is 24.7 Å². The zero-order valence-electron chi connectivity index (χ0n) is 20.3. The lowest BCUT2D eigenvalue weighted by molar-refractivity contribution is 0.218. The van der Waals surface area contributed by atoms with E-state index in [9.17, 15) is 9.18 Å². The zero-order chi connectivity index (χ0) is 24.1. The molecular weight excluding hydrogens is 431 g/mol. The van der Waals surface area contributed by atoms with Gasteiger partial charge >= 0.3 is 0 Å². The number of H-pyrrole nitrogens is 1. The Kier molecular flexibility index (Phi) is 7.75. The van der Waals surface area contributed by atoms with Crippen LogP contribution in [-0.4, -0.2) is 43.0 Å². The van der Waals surface area contributed by atoms with Crippen molar-refractivity contribution in [2.75, 3.05) is 13.1 Å². The van der Waals surface area contributed by atoms with E-state index >= 15 is 0 Å². The molecule has 2 aromatic heterocycles. The SMILES string of the molecule is C=C(C1CCCCC1)N1CCC(c2nc3c(nnn3Cc3cccc(F)c3)c(=O)[nH]2)CC1.CC. The van der Waals surface area contributed by atoms with Crippen LogP contribution in [-0.2, 0) is 6.54 Å². The second-order valence-electron chi connectivity index (χ2n) is 9.09. The zero-order valence-corrected chi connectivity index (χ0v) is 20.3. The highest BCUT2D eigenvalue weighted by atomic mass is 19.1. The Bertz CT molecular complexity index is 1170. The molecule has 1 aliphatic carbocycles. The van der Waals surface area contributed by atoms with E-state index in [1.807, 2.05) is 19.9 Å². The minimum Gasteiger partial charge on any atom is -0.375 e. The summed E-state index contributed by atoms with van der Waals surface area (Å²) in [5.41, 5.74) is 2.42. The average molecular weight is 467 g/mol. The van der Waals surface area contributed by atoms with Crippen LogP contribution in [0.2, 0.25) is 0 Å². The molecular formula is C26H35FN6O. The molecule has 34 heavy (non-hydrogen) atoms. The number of benzene rings is 1. The fourth-order valence-corrected chi connectivity index (χ4v) is 5.13. The fraction of sp³-hybridized carbons (Fsp3) is 0.538. The number of fused-ring (bicyclic) bond motifs is 1. The van der Waals surface area contributed by atoms with E-state index in [4.69, 9.17) is 4.98 Å². The van der Waals surface area contributed by atoms with E-state index in [0.717, 1.165) is 31.5 Å². The van der Waals surface area contributed by atoms with Crippen molar-refractivity contribution in [3.8, 4) is 0 Å². The highest BCUT2D eigenvalue weighted by Crippen LogP contribution is 2.34. The maximum atomic E-state index is 13.6. The number of piperidine rings is 1. The van der Waals surface area contributed by atoms with Crippen molar-refractivity contribution >= 4 is 11.2 Å². The van der Waals surface area contributed by atoms with Crippen molar-refractivity contribution in [2.24, 2.45) is 5.92 Å². The second-order valence-corrected chi connectivity index (χ2v) is 9.09. The molecule has 0 atom stereocenters. The Morgan fingerprint density at radius 2 is 1.88 bits per heavy atom. The maximum absolute atomic E-state index is 13.6. The van der Waals surface area contributed by atoms with E-state index in [-0.39, 0.29) is 22.8 Å². The molecule has 1 saturated carbocycles. The molecule has 0 radical (unpaired) electrons. The lowest BCUT2D eigenvalue weighted by Crippen LogP contribution is -2.35. The molecule has 0 spiro atoms. The lowest BCUT2D eigenvalue weighted by Gasteiger charge is -2.38. The fourth-order valence-electron chi connectivity index (χ4n) is 5.13. The number of aromatic amines is 1. The number of nitrogens with one attached hydrogen (secondary N) is 1. The number of likely N-dealkylation sites (tertiary alicyclic amines) is 1. The summed E-state index contributed by atoms with van der Waals surface area (Å²) in [6.45, 7) is 10.6. The summed E-state index contributed by atoms with van der Waals surface area (Å²) in [5.74, 6) is 1.19. The third-order valence-electron chi connectivity index (χ3n) is 6.98. The predicted octanol–water partition coefficient (Wildman–Crippen LogP) is 5.00. The van der Waals surface area contributed by atoms with Crippen molar-refractivity contribution < 1.29 is 4.39 Å². The highest BCUT2D eigenvalue weighted by Gasteiger charge is 2.27. The summed E-state index contributed by atoms with van der Waals surface area (Å²) in [4.78, 5) is 22.8. The van der Waals surface area contributed by atoms with Gasteiger partial charge in [-0.3, -0.25) is 4.79 Å². The van der Waals surface area contributed by atoms with Gasteiger partial charge in [-0.05, 0) is 49.3 Å². The van der Waals surface area contributed by atoms with Crippen LogP contribution < -0.4 is 5.56 Å². The molecule has 5 rings (SSSR count). The van der Waals surface area contributed by atoms with Gasteiger partial charge in [-0.15, -0.1) is 5.10 Å². The van der Waals surface area contributed by atoms with Gasteiger partial charge in [0.2, 0.25) is 0 Å². The van der Waals surface area contributed by atoms with Gasteiger partial charge in [0.1, 0.15) is 11.6 Å². The molecule has 1 saturated heterocycles. The van der Waals surface area contributed by atoms with Crippen LogP contribution in [0.1, 0.15) is 76.1 Å². The van der Waals surface area contributed by atoms with Crippen molar-refractivity contribution in [3.63, 3.8) is 0 Å². The van der Waals surface area contributed by atoms with Gasteiger partial charge in [-0.1, -0.05) is 57.0 Å². The first-order valence-corrected chi connectivity index (χ1v) is 12.6. The average Bonchev–Trinajstić information content (AvgIpc) is 3.28.